The van der Waals surface area contributed by atoms with E-state index < -0.39 is 12.0 Å². The zero-order valence-corrected chi connectivity index (χ0v) is 12.1. The predicted octanol–water partition coefficient (Wildman–Crippen LogP) is 2.69. The van der Waals surface area contributed by atoms with E-state index in [-0.39, 0.29) is 5.91 Å². The molecule has 4 nitrogen and oxygen atoms in total. The van der Waals surface area contributed by atoms with Crippen LogP contribution in [0.1, 0.15) is 36.5 Å². The van der Waals surface area contributed by atoms with E-state index in [9.17, 15) is 9.59 Å². The van der Waals surface area contributed by atoms with Crippen LogP contribution in [0.4, 0.5) is 0 Å². The minimum absolute atomic E-state index is 0.383. The third-order valence-electron chi connectivity index (χ3n) is 3.03. The molecule has 0 saturated carbocycles. The summed E-state index contributed by atoms with van der Waals surface area (Å²) >= 11 is 0. The maximum Gasteiger partial charge on any atom is 0.326 e. The number of nitrogens with one attached hydrogen (secondary N) is 1. The van der Waals surface area contributed by atoms with Gasteiger partial charge in [-0.2, -0.15) is 0 Å². The first-order valence-electron chi connectivity index (χ1n) is 6.72. The smallest absolute Gasteiger partial charge is 0.326 e. The number of aryl methyl sites for hydroxylation is 2. The molecule has 1 aromatic rings. The molecule has 0 fully saturated rings. The molecule has 108 valence electrons. The third-order valence-corrected chi connectivity index (χ3v) is 3.03. The summed E-state index contributed by atoms with van der Waals surface area (Å²) in [5.74, 6) is -1.38. The van der Waals surface area contributed by atoms with Gasteiger partial charge in [0.25, 0.3) is 0 Å². The van der Waals surface area contributed by atoms with Crippen LogP contribution in [0.15, 0.2) is 24.3 Å². The number of rotatable bonds is 6. The molecule has 0 saturated heterocycles. The number of carboxylic acids is 1. The van der Waals surface area contributed by atoms with Crippen molar-refractivity contribution in [2.75, 3.05) is 0 Å². The summed E-state index contributed by atoms with van der Waals surface area (Å²) in [7, 11) is 0. The zero-order valence-electron chi connectivity index (χ0n) is 12.1. The van der Waals surface area contributed by atoms with E-state index >= 15 is 0 Å². The Labute approximate surface area is 119 Å². The molecule has 2 N–H and O–H groups in total. The minimum Gasteiger partial charge on any atom is -0.480 e. The third kappa shape index (κ3) is 4.88. The molecule has 20 heavy (non-hydrogen) atoms. The average molecular weight is 275 g/mol. The Morgan fingerprint density at radius 2 is 2.05 bits per heavy atom. The van der Waals surface area contributed by atoms with Gasteiger partial charge in [0.1, 0.15) is 6.04 Å². The number of carbonyl (C=O) groups is 2. The monoisotopic (exact) mass is 275 g/mol. The summed E-state index contributed by atoms with van der Waals surface area (Å²) in [6, 6.07) is 5.13. The second kappa shape index (κ2) is 7.48. The van der Waals surface area contributed by atoms with Gasteiger partial charge in [0, 0.05) is 6.08 Å². The highest BCUT2D eigenvalue weighted by atomic mass is 16.4. The first-order chi connectivity index (χ1) is 9.43. The highest BCUT2D eigenvalue weighted by Gasteiger charge is 2.17. The number of hydrogen-bond donors (Lipinski definition) is 2. The van der Waals surface area contributed by atoms with Crippen LogP contribution in [0.3, 0.4) is 0 Å². The number of hydrogen-bond acceptors (Lipinski definition) is 2. The molecule has 0 aliphatic carbocycles. The number of carbonyl (C=O) groups excluding carboxylic acids is 1. The Bertz CT molecular complexity index is 520. The number of amides is 1. The fourth-order valence-electron chi connectivity index (χ4n) is 1.94. The Kier molecular flexibility index (Phi) is 5.97. The van der Waals surface area contributed by atoms with Crippen molar-refractivity contribution in [1.29, 1.82) is 0 Å². The van der Waals surface area contributed by atoms with Crippen LogP contribution in [0, 0.1) is 13.8 Å². The van der Waals surface area contributed by atoms with Crippen molar-refractivity contribution in [3.63, 3.8) is 0 Å². The van der Waals surface area contributed by atoms with E-state index in [0.717, 1.165) is 16.7 Å². The lowest BCUT2D eigenvalue weighted by Crippen LogP contribution is -2.39. The molecule has 0 aromatic heterocycles. The zero-order chi connectivity index (χ0) is 15.1. The maximum atomic E-state index is 11.7. The van der Waals surface area contributed by atoms with Gasteiger partial charge >= 0.3 is 5.97 Å². The molecule has 1 rings (SSSR count). The summed E-state index contributed by atoms with van der Waals surface area (Å²) in [5.41, 5.74) is 3.20. The first kappa shape index (κ1) is 16.0. The molecular formula is C16H21NO3. The summed E-state index contributed by atoms with van der Waals surface area (Å²) in [5, 5.41) is 11.5. The van der Waals surface area contributed by atoms with Crippen molar-refractivity contribution in [2.24, 2.45) is 0 Å². The quantitative estimate of drug-likeness (QED) is 0.784. The summed E-state index contributed by atoms with van der Waals surface area (Å²) in [6.07, 6.45) is 4.22. The van der Waals surface area contributed by atoms with Crippen molar-refractivity contribution in [3.05, 3.63) is 41.0 Å². The lowest BCUT2D eigenvalue weighted by Gasteiger charge is -2.11. The largest absolute Gasteiger partial charge is 0.480 e. The molecular weight excluding hydrogens is 254 g/mol. The minimum atomic E-state index is -1.000. The van der Waals surface area contributed by atoms with Crippen LogP contribution >= 0.6 is 0 Å². The van der Waals surface area contributed by atoms with Crippen LogP contribution in [-0.4, -0.2) is 23.0 Å². The lowest BCUT2D eigenvalue weighted by atomic mass is 10.1. The second-order valence-electron chi connectivity index (χ2n) is 4.88. The van der Waals surface area contributed by atoms with Gasteiger partial charge in [0.2, 0.25) is 5.91 Å². The summed E-state index contributed by atoms with van der Waals surface area (Å²) < 4.78 is 0. The van der Waals surface area contributed by atoms with Gasteiger partial charge < -0.3 is 10.4 Å². The van der Waals surface area contributed by atoms with Crippen molar-refractivity contribution in [3.8, 4) is 0 Å². The number of carboxylic acid groups (broad SMARTS) is 1. The Morgan fingerprint density at radius 1 is 1.35 bits per heavy atom. The van der Waals surface area contributed by atoms with Gasteiger partial charge in [0.05, 0.1) is 0 Å². The van der Waals surface area contributed by atoms with Crippen molar-refractivity contribution < 1.29 is 14.7 Å². The predicted molar refractivity (Wildman–Crippen MR) is 79.4 cm³/mol. The van der Waals surface area contributed by atoms with E-state index in [1.807, 2.05) is 39.0 Å². The fourth-order valence-corrected chi connectivity index (χ4v) is 1.94. The first-order valence-corrected chi connectivity index (χ1v) is 6.72. The molecule has 1 aromatic carbocycles. The topological polar surface area (TPSA) is 66.4 Å². The second-order valence-corrected chi connectivity index (χ2v) is 4.88. The molecule has 0 heterocycles. The fraction of sp³-hybridized carbons (Fsp3) is 0.375. The van der Waals surface area contributed by atoms with Crippen molar-refractivity contribution in [2.45, 2.75) is 39.7 Å². The standard InChI is InChI=1S/C16H21NO3/c1-4-5-14(16(19)20)17-15(18)9-8-13-7-6-11(2)10-12(13)3/h6-10,14H,4-5H2,1-3H3,(H,17,18)(H,19,20)/b9-8+/t14-/m0/s1. The van der Waals surface area contributed by atoms with Gasteiger partial charge in [-0.1, -0.05) is 37.1 Å². The number of aliphatic carboxylic acids is 1. The molecule has 0 unspecified atom stereocenters. The summed E-state index contributed by atoms with van der Waals surface area (Å²) in [6.45, 7) is 5.87. The SMILES string of the molecule is CCC[C@H](NC(=O)/C=C/c1ccc(C)cc1C)C(=O)O. The van der Waals surface area contributed by atoms with Gasteiger partial charge in [0.15, 0.2) is 0 Å². The van der Waals surface area contributed by atoms with Crippen molar-refractivity contribution >= 4 is 18.0 Å². The molecule has 1 amide bonds. The van der Waals surface area contributed by atoms with E-state index in [0.29, 0.717) is 12.8 Å². The Hall–Kier alpha value is -2.10. The molecule has 0 bridgehead atoms. The molecule has 0 spiro atoms. The summed E-state index contributed by atoms with van der Waals surface area (Å²) in [4.78, 5) is 22.7. The van der Waals surface area contributed by atoms with Crippen LogP contribution in [0.5, 0.6) is 0 Å². The van der Waals surface area contributed by atoms with Gasteiger partial charge in [-0.15, -0.1) is 0 Å². The van der Waals surface area contributed by atoms with Crippen LogP contribution < -0.4 is 5.32 Å². The Balaban J connectivity index is 2.69. The van der Waals surface area contributed by atoms with E-state index in [2.05, 4.69) is 5.32 Å². The Morgan fingerprint density at radius 3 is 2.60 bits per heavy atom. The molecule has 0 aliphatic rings. The van der Waals surface area contributed by atoms with Gasteiger partial charge in [-0.25, -0.2) is 4.79 Å². The van der Waals surface area contributed by atoms with Crippen LogP contribution in [0.25, 0.3) is 6.08 Å². The molecule has 4 heteroatoms. The maximum absolute atomic E-state index is 11.7. The van der Waals surface area contributed by atoms with E-state index in [1.165, 1.54) is 6.08 Å². The van der Waals surface area contributed by atoms with E-state index in [4.69, 9.17) is 5.11 Å². The molecule has 0 aliphatic heterocycles. The normalized spacial score (nSPS) is 12.3. The molecule has 1 atom stereocenters. The highest BCUT2D eigenvalue weighted by Crippen LogP contribution is 2.12. The van der Waals surface area contributed by atoms with Crippen molar-refractivity contribution in [1.82, 2.24) is 5.32 Å². The number of benzene rings is 1. The van der Waals surface area contributed by atoms with Gasteiger partial charge in [-0.05, 0) is 37.5 Å². The highest BCUT2D eigenvalue weighted by molar-refractivity contribution is 5.94. The van der Waals surface area contributed by atoms with E-state index in [1.54, 1.807) is 6.08 Å². The van der Waals surface area contributed by atoms with Crippen LogP contribution in [0.2, 0.25) is 0 Å². The lowest BCUT2D eigenvalue weighted by molar-refractivity contribution is -0.141. The van der Waals surface area contributed by atoms with Gasteiger partial charge in [-0.3, -0.25) is 4.79 Å². The average Bonchev–Trinajstić information content (AvgIpc) is 2.37. The molecule has 0 radical (unpaired) electrons. The van der Waals surface area contributed by atoms with Crippen LogP contribution in [-0.2, 0) is 9.59 Å².